The van der Waals surface area contributed by atoms with Crippen molar-refractivity contribution in [2.24, 2.45) is 0 Å². The van der Waals surface area contributed by atoms with Gasteiger partial charge in [0.15, 0.2) is 23.1 Å². The van der Waals surface area contributed by atoms with Crippen molar-refractivity contribution in [3.8, 4) is 11.5 Å². The fourth-order valence-electron chi connectivity index (χ4n) is 5.14. The summed E-state index contributed by atoms with van der Waals surface area (Å²) in [5.74, 6) is 0.803. The summed E-state index contributed by atoms with van der Waals surface area (Å²) in [6, 6.07) is 11.8. The second-order valence-electron chi connectivity index (χ2n) is 9.17. The zero-order chi connectivity index (χ0) is 25.2. The molecule has 0 bridgehead atoms. The van der Waals surface area contributed by atoms with Crippen LogP contribution in [0.1, 0.15) is 72.9 Å². The van der Waals surface area contributed by atoms with Gasteiger partial charge in [-0.25, -0.2) is 0 Å². The van der Waals surface area contributed by atoms with Crippen LogP contribution in [0.4, 0.5) is 0 Å². The lowest BCUT2D eigenvalue weighted by atomic mass is 9.73. The second kappa shape index (κ2) is 10.0. The van der Waals surface area contributed by atoms with E-state index in [1.54, 1.807) is 18.2 Å². The maximum atomic E-state index is 13.0. The molecule has 7 heteroatoms. The Bertz CT molecular complexity index is 1240. The summed E-state index contributed by atoms with van der Waals surface area (Å²) in [7, 11) is 0. The standard InChI is InChI=1S/C29H28O7/c1-2-34-25-15-19(13-14-22(25)35-16-17-9-11-18(12-10-17)29(32)33)26-27-20(30)5-3-7-23(27)36-24-8-4-6-21(31)28(24)26/h9-15,26H,2-8,16H2,1H3,(H,32,33)/p-1. The third-order valence-electron chi connectivity index (χ3n) is 6.83. The molecule has 1 aliphatic heterocycles. The number of ketones is 2. The van der Waals surface area contributed by atoms with Gasteiger partial charge in [-0.1, -0.05) is 30.3 Å². The molecule has 36 heavy (non-hydrogen) atoms. The van der Waals surface area contributed by atoms with Crippen LogP contribution in [0.5, 0.6) is 11.5 Å². The lowest BCUT2D eigenvalue weighted by molar-refractivity contribution is -0.255. The van der Waals surface area contributed by atoms with Crippen molar-refractivity contribution in [2.75, 3.05) is 6.61 Å². The molecule has 2 aromatic rings. The molecule has 3 aliphatic rings. The average molecular weight is 488 g/mol. The van der Waals surface area contributed by atoms with E-state index in [0.717, 1.165) is 24.0 Å². The van der Waals surface area contributed by atoms with Gasteiger partial charge < -0.3 is 24.1 Å². The van der Waals surface area contributed by atoms with Gasteiger partial charge >= 0.3 is 0 Å². The van der Waals surface area contributed by atoms with Crippen molar-refractivity contribution in [1.29, 1.82) is 0 Å². The molecule has 5 rings (SSSR count). The summed E-state index contributed by atoms with van der Waals surface area (Å²) in [6.45, 7) is 2.50. The molecule has 0 radical (unpaired) electrons. The van der Waals surface area contributed by atoms with Crippen molar-refractivity contribution in [1.82, 2.24) is 0 Å². The number of hydrogen-bond acceptors (Lipinski definition) is 7. The SMILES string of the molecule is CCOc1cc(C2C3=C(CCCC3=O)OC3=C2C(=O)CCC3)ccc1OCc1ccc(C(=O)[O-])cc1. The Morgan fingerprint density at radius 2 is 1.53 bits per heavy atom. The number of carboxylic acids is 1. The van der Waals surface area contributed by atoms with Crippen molar-refractivity contribution in [3.05, 3.63) is 81.8 Å². The van der Waals surface area contributed by atoms with Gasteiger partial charge in [0.05, 0.1) is 12.6 Å². The van der Waals surface area contributed by atoms with E-state index in [-0.39, 0.29) is 23.7 Å². The van der Waals surface area contributed by atoms with Crippen LogP contribution in [-0.4, -0.2) is 24.1 Å². The fraction of sp³-hybridized carbons (Fsp3) is 0.345. The molecule has 0 aromatic heterocycles. The number of allylic oxidation sites excluding steroid dienone is 4. The van der Waals surface area contributed by atoms with Crippen LogP contribution in [0, 0.1) is 0 Å². The highest BCUT2D eigenvalue weighted by molar-refractivity contribution is 6.05. The number of aromatic carboxylic acids is 1. The molecule has 7 nitrogen and oxygen atoms in total. The van der Waals surface area contributed by atoms with Crippen LogP contribution in [0.3, 0.4) is 0 Å². The van der Waals surface area contributed by atoms with Gasteiger partial charge in [0.1, 0.15) is 18.1 Å². The summed E-state index contributed by atoms with van der Waals surface area (Å²) in [5, 5.41) is 11.0. The number of Topliss-reactive ketones (excluding diaryl/α,β-unsaturated/α-hetero) is 2. The summed E-state index contributed by atoms with van der Waals surface area (Å²) >= 11 is 0. The largest absolute Gasteiger partial charge is 0.545 e. The van der Waals surface area contributed by atoms with Gasteiger partial charge in [-0.05, 0) is 48.6 Å². The van der Waals surface area contributed by atoms with Crippen LogP contribution in [0.15, 0.2) is 65.1 Å². The minimum atomic E-state index is -1.23. The van der Waals surface area contributed by atoms with E-state index in [2.05, 4.69) is 0 Å². The molecule has 0 unspecified atom stereocenters. The first-order valence-electron chi connectivity index (χ1n) is 12.4. The van der Waals surface area contributed by atoms with Crippen LogP contribution >= 0.6 is 0 Å². The first-order chi connectivity index (χ1) is 17.5. The Labute approximate surface area is 209 Å². The van der Waals surface area contributed by atoms with E-state index >= 15 is 0 Å². The van der Waals surface area contributed by atoms with Gasteiger partial charge in [0.2, 0.25) is 0 Å². The Balaban J connectivity index is 1.48. The molecule has 0 spiro atoms. The zero-order valence-corrected chi connectivity index (χ0v) is 20.1. The van der Waals surface area contributed by atoms with Gasteiger partial charge in [-0.15, -0.1) is 0 Å². The first-order valence-corrected chi connectivity index (χ1v) is 12.4. The van der Waals surface area contributed by atoms with E-state index < -0.39 is 11.9 Å². The highest BCUT2D eigenvalue weighted by Gasteiger charge is 2.42. The number of hydrogen-bond donors (Lipinski definition) is 0. The molecule has 1 heterocycles. The number of benzene rings is 2. The van der Waals surface area contributed by atoms with E-state index in [4.69, 9.17) is 14.2 Å². The molecule has 0 atom stereocenters. The number of carbonyl (C=O) groups is 3. The van der Waals surface area contributed by atoms with E-state index in [1.807, 2.05) is 19.1 Å². The molecule has 0 saturated heterocycles. The molecule has 0 N–H and O–H groups in total. The van der Waals surface area contributed by atoms with Crippen LogP contribution in [0.25, 0.3) is 0 Å². The minimum Gasteiger partial charge on any atom is -0.545 e. The van der Waals surface area contributed by atoms with E-state index in [1.165, 1.54) is 12.1 Å². The topological polar surface area (TPSA) is 102 Å². The Morgan fingerprint density at radius 3 is 2.11 bits per heavy atom. The van der Waals surface area contributed by atoms with Crippen molar-refractivity contribution in [2.45, 2.75) is 58.0 Å². The van der Waals surface area contributed by atoms with Crippen LogP contribution in [-0.2, 0) is 20.9 Å². The molecule has 2 aliphatic carbocycles. The van der Waals surface area contributed by atoms with Gasteiger partial charge in [-0.2, -0.15) is 0 Å². The predicted molar refractivity (Wildman–Crippen MR) is 128 cm³/mol. The van der Waals surface area contributed by atoms with Gasteiger partial charge in [0, 0.05) is 42.7 Å². The molecule has 2 aromatic carbocycles. The fourth-order valence-corrected chi connectivity index (χ4v) is 5.14. The maximum Gasteiger partial charge on any atom is 0.163 e. The molecule has 0 amide bonds. The van der Waals surface area contributed by atoms with Crippen molar-refractivity contribution < 1.29 is 33.7 Å². The highest BCUT2D eigenvalue weighted by atomic mass is 16.5. The van der Waals surface area contributed by atoms with Crippen LogP contribution in [0.2, 0.25) is 0 Å². The molecular formula is C29H27O7-. The summed E-state index contributed by atoms with van der Waals surface area (Å²) in [6.07, 6.45) is 3.79. The molecule has 186 valence electrons. The number of ether oxygens (including phenoxy) is 3. The van der Waals surface area contributed by atoms with Crippen molar-refractivity contribution in [3.63, 3.8) is 0 Å². The maximum absolute atomic E-state index is 13.0. The lowest BCUT2D eigenvalue weighted by Gasteiger charge is -2.36. The number of carbonyl (C=O) groups excluding carboxylic acids is 3. The Hall–Kier alpha value is -3.87. The summed E-state index contributed by atoms with van der Waals surface area (Å²) in [4.78, 5) is 37.0. The second-order valence-corrected chi connectivity index (χ2v) is 9.17. The van der Waals surface area contributed by atoms with Crippen molar-refractivity contribution >= 4 is 17.5 Å². The normalized spacial score (nSPS) is 17.9. The first kappa shape index (κ1) is 23.9. The predicted octanol–water partition coefficient (Wildman–Crippen LogP) is 4.16. The summed E-state index contributed by atoms with van der Waals surface area (Å²) in [5.41, 5.74) is 2.89. The number of carboxylic acid groups (broad SMARTS) is 1. The third kappa shape index (κ3) is 4.53. The Kier molecular flexibility index (Phi) is 6.63. The summed E-state index contributed by atoms with van der Waals surface area (Å²) < 4.78 is 18.0. The van der Waals surface area contributed by atoms with Crippen LogP contribution < -0.4 is 14.6 Å². The lowest BCUT2D eigenvalue weighted by Crippen LogP contribution is -2.30. The minimum absolute atomic E-state index is 0.0319. The molecule has 0 saturated carbocycles. The number of rotatable bonds is 7. The highest BCUT2D eigenvalue weighted by Crippen LogP contribution is 2.48. The smallest absolute Gasteiger partial charge is 0.163 e. The zero-order valence-electron chi connectivity index (χ0n) is 20.1. The average Bonchev–Trinajstić information content (AvgIpc) is 2.87. The quantitative estimate of drug-likeness (QED) is 0.578. The van der Waals surface area contributed by atoms with E-state index in [9.17, 15) is 19.5 Å². The Morgan fingerprint density at radius 1 is 0.889 bits per heavy atom. The monoisotopic (exact) mass is 487 g/mol. The van der Waals surface area contributed by atoms with E-state index in [0.29, 0.717) is 66.5 Å². The third-order valence-corrected chi connectivity index (χ3v) is 6.83. The molecule has 0 fully saturated rings. The van der Waals surface area contributed by atoms with Gasteiger partial charge in [-0.3, -0.25) is 9.59 Å². The molecular weight excluding hydrogens is 460 g/mol. The van der Waals surface area contributed by atoms with Gasteiger partial charge in [0.25, 0.3) is 0 Å².